The van der Waals surface area contributed by atoms with Crippen LogP contribution in [0.1, 0.15) is 94.2 Å². The molecule has 2 aromatic heterocycles. The molecule has 0 saturated carbocycles. The number of rotatable bonds is 4. The minimum absolute atomic E-state index is 0.309. The highest BCUT2D eigenvalue weighted by Crippen LogP contribution is 2.36. The van der Waals surface area contributed by atoms with E-state index in [0.29, 0.717) is 29.0 Å². The average Bonchev–Trinajstić information content (AvgIpc) is 3.39. The van der Waals surface area contributed by atoms with Crippen LogP contribution in [0.5, 0.6) is 0 Å². The normalized spacial score (nSPS) is 14.7. The standard InChI is InChI=1S/C20H24BFN4O2.4C2H6/c1-12-8-15-17(23-10-12)25-26-18(15)24-11-13-6-7-14(9-16(13)22)21-27-19(2,3)20(4,5)28-21;4*1-2/h6-10H,11H2,1-5H3,(H2,23,24,25,26);4*1-2H3. The zero-order valence-electron chi connectivity index (χ0n) is 24.8. The van der Waals surface area contributed by atoms with Crippen LogP contribution >= 0.6 is 0 Å². The Labute approximate surface area is 218 Å². The predicted octanol–water partition coefficient (Wildman–Crippen LogP) is 7.42. The van der Waals surface area contributed by atoms with Crippen molar-refractivity contribution in [2.24, 2.45) is 0 Å². The number of halogens is 1. The van der Waals surface area contributed by atoms with E-state index in [4.69, 9.17) is 9.31 Å². The van der Waals surface area contributed by atoms with Crippen molar-refractivity contribution in [3.8, 4) is 0 Å². The number of hydrogen-bond acceptors (Lipinski definition) is 5. The van der Waals surface area contributed by atoms with E-state index in [1.807, 2.05) is 102 Å². The molecule has 3 aromatic rings. The van der Waals surface area contributed by atoms with Gasteiger partial charge < -0.3 is 14.6 Å². The number of nitrogens with zero attached hydrogens (tertiary/aromatic N) is 2. The lowest BCUT2D eigenvalue weighted by Crippen LogP contribution is -2.41. The maximum absolute atomic E-state index is 14.7. The Balaban J connectivity index is 0.00000140. The lowest BCUT2D eigenvalue weighted by molar-refractivity contribution is 0.00578. The van der Waals surface area contributed by atoms with Crippen LogP contribution in [-0.4, -0.2) is 33.5 Å². The van der Waals surface area contributed by atoms with E-state index in [0.717, 1.165) is 10.9 Å². The Hall–Kier alpha value is -2.45. The molecule has 1 fully saturated rings. The summed E-state index contributed by atoms with van der Waals surface area (Å²) in [5.74, 6) is 0.342. The van der Waals surface area contributed by atoms with E-state index in [1.54, 1.807) is 12.3 Å². The molecule has 8 heteroatoms. The van der Waals surface area contributed by atoms with E-state index in [-0.39, 0.29) is 5.82 Å². The maximum atomic E-state index is 14.7. The molecule has 2 N–H and O–H groups in total. The van der Waals surface area contributed by atoms with Gasteiger partial charge in [-0.05, 0) is 57.8 Å². The number of fused-ring (bicyclic) bond motifs is 1. The summed E-state index contributed by atoms with van der Waals surface area (Å²) in [6, 6.07) is 7.07. The number of aromatic amines is 1. The summed E-state index contributed by atoms with van der Waals surface area (Å²) >= 11 is 0. The van der Waals surface area contributed by atoms with Gasteiger partial charge in [0.2, 0.25) is 0 Å². The van der Waals surface area contributed by atoms with Crippen LogP contribution in [0, 0.1) is 12.7 Å². The van der Waals surface area contributed by atoms with Gasteiger partial charge in [0.1, 0.15) is 5.82 Å². The largest absolute Gasteiger partial charge is 0.494 e. The van der Waals surface area contributed by atoms with Crippen LogP contribution in [0.15, 0.2) is 30.5 Å². The first-order valence-corrected chi connectivity index (χ1v) is 13.3. The Morgan fingerprint density at radius 1 is 0.917 bits per heavy atom. The van der Waals surface area contributed by atoms with Gasteiger partial charge in [-0.15, -0.1) is 0 Å². The molecule has 1 aliphatic rings. The fourth-order valence-corrected chi connectivity index (χ4v) is 3.15. The molecule has 0 spiro atoms. The summed E-state index contributed by atoms with van der Waals surface area (Å²) in [6.45, 7) is 26.2. The molecular weight excluding hydrogens is 454 g/mol. The Morgan fingerprint density at radius 3 is 2.00 bits per heavy atom. The summed E-state index contributed by atoms with van der Waals surface area (Å²) in [5, 5.41) is 11.2. The molecule has 202 valence electrons. The third-order valence-corrected chi connectivity index (χ3v) is 5.60. The van der Waals surface area contributed by atoms with Crippen molar-refractivity contribution < 1.29 is 13.7 Å². The fourth-order valence-electron chi connectivity index (χ4n) is 3.15. The molecule has 0 amide bonds. The number of benzene rings is 1. The molecule has 3 heterocycles. The number of aryl methyl sites for hydroxylation is 1. The Kier molecular flexibility index (Phi) is 14.6. The minimum Gasteiger partial charge on any atom is -0.399 e. The molecular formula is C28H48BFN4O2. The first kappa shape index (κ1) is 33.6. The second-order valence-electron chi connectivity index (χ2n) is 8.27. The van der Waals surface area contributed by atoms with Crippen LogP contribution in [0.3, 0.4) is 0 Å². The van der Waals surface area contributed by atoms with Crippen LogP contribution < -0.4 is 10.8 Å². The molecule has 4 rings (SSSR count). The Bertz CT molecular complexity index is 1020. The zero-order chi connectivity index (χ0) is 28.1. The first-order valence-electron chi connectivity index (χ1n) is 13.3. The molecule has 0 atom stereocenters. The first-order chi connectivity index (χ1) is 17.2. The number of hydrogen-bond donors (Lipinski definition) is 2. The molecule has 1 aromatic carbocycles. The van der Waals surface area contributed by atoms with Gasteiger partial charge in [-0.3, -0.25) is 5.10 Å². The van der Waals surface area contributed by atoms with Gasteiger partial charge in [-0.2, -0.15) is 5.10 Å². The van der Waals surface area contributed by atoms with Gasteiger partial charge in [0.05, 0.1) is 16.6 Å². The predicted molar refractivity (Wildman–Crippen MR) is 153 cm³/mol. The molecule has 0 aliphatic carbocycles. The monoisotopic (exact) mass is 502 g/mol. The van der Waals surface area contributed by atoms with Gasteiger partial charge >= 0.3 is 7.12 Å². The van der Waals surface area contributed by atoms with Gasteiger partial charge in [0, 0.05) is 18.3 Å². The van der Waals surface area contributed by atoms with Gasteiger partial charge in [-0.1, -0.05) is 67.5 Å². The van der Waals surface area contributed by atoms with Crippen LogP contribution in [0.25, 0.3) is 11.0 Å². The highest BCUT2D eigenvalue weighted by atomic mass is 19.1. The van der Waals surface area contributed by atoms with E-state index >= 15 is 0 Å². The van der Waals surface area contributed by atoms with Crippen LogP contribution in [-0.2, 0) is 15.9 Å². The smallest absolute Gasteiger partial charge is 0.399 e. The molecule has 6 nitrogen and oxygen atoms in total. The van der Waals surface area contributed by atoms with E-state index in [2.05, 4.69) is 20.5 Å². The van der Waals surface area contributed by atoms with Crippen LogP contribution in [0.2, 0.25) is 0 Å². The average molecular weight is 503 g/mol. The van der Waals surface area contributed by atoms with Crippen molar-refractivity contribution in [1.82, 2.24) is 15.2 Å². The minimum atomic E-state index is -0.578. The van der Waals surface area contributed by atoms with Crippen LogP contribution in [0.4, 0.5) is 10.2 Å². The molecule has 36 heavy (non-hydrogen) atoms. The fraction of sp³-hybridized carbons (Fsp3) is 0.571. The lowest BCUT2D eigenvalue weighted by Gasteiger charge is -2.32. The number of H-pyrrole nitrogens is 1. The maximum Gasteiger partial charge on any atom is 0.494 e. The second kappa shape index (κ2) is 15.6. The highest BCUT2D eigenvalue weighted by molar-refractivity contribution is 6.62. The lowest BCUT2D eigenvalue weighted by atomic mass is 9.78. The quantitative estimate of drug-likeness (QED) is 0.363. The van der Waals surface area contributed by atoms with Gasteiger partial charge in [0.25, 0.3) is 0 Å². The highest BCUT2D eigenvalue weighted by Gasteiger charge is 2.51. The van der Waals surface area contributed by atoms with E-state index < -0.39 is 18.3 Å². The van der Waals surface area contributed by atoms with Gasteiger partial charge in [0.15, 0.2) is 11.5 Å². The number of nitrogens with one attached hydrogen (secondary N) is 2. The summed E-state index contributed by atoms with van der Waals surface area (Å²) in [4.78, 5) is 4.29. The summed E-state index contributed by atoms with van der Waals surface area (Å²) in [6.07, 6.45) is 1.78. The van der Waals surface area contributed by atoms with E-state index in [1.165, 1.54) is 6.07 Å². The van der Waals surface area contributed by atoms with Crippen molar-refractivity contribution >= 4 is 29.4 Å². The van der Waals surface area contributed by atoms with Crippen molar-refractivity contribution in [1.29, 1.82) is 0 Å². The third kappa shape index (κ3) is 8.03. The number of anilines is 1. The van der Waals surface area contributed by atoms with Crippen molar-refractivity contribution in [3.63, 3.8) is 0 Å². The van der Waals surface area contributed by atoms with Crippen molar-refractivity contribution in [3.05, 3.63) is 47.4 Å². The summed E-state index contributed by atoms with van der Waals surface area (Å²) in [7, 11) is -0.578. The molecule has 0 radical (unpaired) electrons. The zero-order valence-corrected chi connectivity index (χ0v) is 24.8. The molecule has 0 unspecified atom stereocenters. The summed E-state index contributed by atoms with van der Waals surface area (Å²) < 4.78 is 26.7. The topological polar surface area (TPSA) is 72.1 Å². The van der Waals surface area contributed by atoms with Crippen molar-refractivity contribution in [2.75, 3.05) is 5.32 Å². The van der Waals surface area contributed by atoms with Gasteiger partial charge in [-0.25, -0.2) is 9.37 Å². The number of pyridine rings is 1. The Morgan fingerprint density at radius 2 is 1.47 bits per heavy atom. The third-order valence-electron chi connectivity index (χ3n) is 5.60. The molecule has 1 aliphatic heterocycles. The number of aromatic nitrogens is 3. The SMILES string of the molecule is CC.CC.CC.CC.Cc1cnc2[nH]nc(NCc3ccc(B4OC(C)(C)C(C)(C)O4)cc3F)c2c1. The molecule has 0 bridgehead atoms. The van der Waals surface area contributed by atoms with E-state index in [9.17, 15) is 4.39 Å². The second-order valence-corrected chi connectivity index (χ2v) is 8.27. The summed E-state index contributed by atoms with van der Waals surface area (Å²) in [5.41, 5.74) is 2.03. The van der Waals surface area contributed by atoms with Crippen molar-refractivity contribution in [2.45, 2.75) is 108 Å². The molecule has 1 saturated heterocycles.